The van der Waals surface area contributed by atoms with Gasteiger partial charge in [-0.15, -0.1) is 11.8 Å². The van der Waals surface area contributed by atoms with Gasteiger partial charge in [0.2, 0.25) is 11.8 Å². The number of benzene rings is 2. The van der Waals surface area contributed by atoms with E-state index in [1.807, 2.05) is 17.9 Å². The van der Waals surface area contributed by atoms with E-state index in [4.69, 9.17) is 9.47 Å². The number of fused-ring (bicyclic) bond motifs is 1. The second kappa shape index (κ2) is 11.0. The van der Waals surface area contributed by atoms with Crippen LogP contribution in [0, 0.1) is 6.92 Å². The van der Waals surface area contributed by atoms with E-state index >= 15 is 0 Å². The molecule has 6 nitrogen and oxygen atoms in total. The SMILES string of the molecule is Cc1cc(OCC2CN(C(=O)CSCc3cccc4ccccc34)CCO2)nc(C(C)C)n1. The molecule has 0 spiro atoms. The Kier molecular flexibility index (Phi) is 7.83. The minimum atomic E-state index is -0.163. The minimum Gasteiger partial charge on any atom is -0.475 e. The Morgan fingerprint density at radius 3 is 2.88 bits per heavy atom. The summed E-state index contributed by atoms with van der Waals surface area (Å²) in [7, 11) is 0. The number of hydrogen-bond acceptors (Lipinski definition) is 6. The van der Waals surface area contributed by atoms with Crippen molar-refractivity contribution in [1.29, 1.82) is 0 Å². The second-order valence-corrected chi connectivity index (χ2v) is 9.62. The fraction of sp³-hybridized carbons (Fsp3) is 0.423. The van der Waals surface area contributed by atoms with Crippen molar-refractivity contribution in [3.8, 4) is 5.88 Å². The van der Waals surface area contributed by atoms with E-state index in [0.29, 0.717) is 37.9 Å². The van der Waals surface area contributed by atoms with Crippen molar-refractivity contribution >= 4 is 28.4 Å². The summed E-state index contributed by atoms with van der Waals surface area (Å²) in [5.41, 5.74) is 2.15. The first-order valence-electron chi connectivity index (χ1n) is 11.4. The fourth-order valence-corrected chi connectivity index (χ4v) is 4.81. The zero-order chi connectivity index (χ0) is 23.2. The molecule has 4 rings (SSSR count). The fourth-order valence-electron chi connectivity index (χ4n) is 3.88. The topological polar surface area (TPSA) is 64.5 Å². The molecule has 1 fully saturated rings. The molecule has 0 saturated carbocycles. The van der Waals surface area contributed by atoms with Crippen LogP contribution in [-0.4, -0.2) is 58.9 Å². The third-order valence-electron chi connectivity index (χ3n) is 5.64. The van der Waals surface area contributed by atoms with Crippen LogP contribution in [0.15, 0.2) is 48.5 Å². The molecule has 0 aliphatic carbocycles. The summed E-state index contributed by atoms with van der Waals surface area (Å²) in [6.07, 6.45) is -0.163. The number of aromatic nitrogens is 2. The van der Waals surface area contributed by atoms with Gasteiger partial charge in [-0.05, 0) is 23.3 Å². The standard InChI is InChI=1S/C26H31N3O3S/c1-18(2)26-27-19(3)13-24(28-26)32-15-22-14-29(11-12-31-22)25(30)17-33-16-21-9-6-8-20-7-4-5-10-23(20)21/h4-10,13,18,22H,11-12,14-17H2,1-3H3. The van der Waals surface area contributed by atoms with Crippen LogP contribution in [0.25, 0.3) is 10.8 Å². The van der Waals surface area contributed by atoms with Crippen LogP contribution >= 0.6 is 11.8 Å². The van der Waals surface area contributed by atoms with E-state index in [-0.39, 0.29) is 17.9 Å². The van der Waals surface area contributed by atoms with Crippen LogP contribution in [0.2, 0.25) is 0 Å². The molecular weight excluding hydrogens is 434 g/mol. The van der Waals surface area contributed by atoms with Crippen LogP contribution in [0.3, 0.4) is 0 Å². The van der Waals surface area contributed by atoms with Crippen molar-refractivity contribution < 1.29 is 14.3 Å². The highest BCUT2D eigenvalue weighted by Gasteiger charge is 2.25. The highest BCUT2D eigenvalue weighted by atomic mass is 32.2. The van der Waals surface area contributed by atoms with Gasteiger partial charge in [-0.3, -0.25) is 4.79 Å². The molecule has 2 heterocycles. The molecule has 1 atom stereocenters. The van der Waals surface area contributed by atoms with Gasteiger partial charge in [0.25, 0.3) is 0 Å². The van der Waals surface area contributed by atoms with E-state index in [1.54, 1.807) is 11.8 Å². The Morgan fingerprint density at radius 2 is 2.03 bits per heavy atom. The zero-order valence-electron chi connectivity index (χ0n) is 19.5. The van der Waals surface area contributed by atoms with Crippen LogP contribution in [0.5, 0.6) is 5.88 Å². The Labute approximate surface area is 199 Å². The van der Waals surface area contributed by atoms with Crippen LogP contribution in [-0.2, 0) is 15.3 Å². The average Bonchev–Trinajstić information content (AvgIpc) is 2.82. The lowest BCUT2D eigenvalue weighted by Crippen LogP contribution is -2.48. The van der Waals surface area contributed by atoms with Gasteiger partial charge in [-0.1, -0.05) is 56.3 Å². The van der Waals surface area contributed by atoms with E-state index in [0.717, 1.165) is 17.3 Å². The molecule has 1 amide bonds. The lowest BCUT2D eigenvalue weighted by molar-refractivity contribution is -0.137. The number of aryl methyl sites for hydroxylation is 1. The van der Waals surface area contributed by atoms with Crippen molar-refractivity contribution in [2.45, 2.75) is 38.5 Å². The van der Waals surface area contributed by atoms with Gasteiger partial charge in [-0.25, -0.2) is 4.98 Å². The molecule has 7 heteroatoms. The summed E-state index contributed by atoms with van der Waals surface area (Å²) >= 11 is 1.66. The number of morpholine rings is 1. The van der Waals surface area contributed by atoms with E-state index in [9.17, 15) is 4.79 Å². The predicted octanol–water partition coefficient (Wildman–Crippen LogP) is 4.60. The lowest BCUT2D eigenvalue weighted by atomic mass is 10.1. The maximum Gasteiger partial charge on any atom is 0.232 e. The van der Waals surface area contributed by atoms with Gasteiger partial charge in [0.05, 0.1) is 18.9 Å². The van der Waals surface area contributed by atoms with Crippen molar-refractivity contribution in [2.24, 2.45) is 0 Å². The number of rotatable bonds is 8. The summed E-state index contributed by atoms with van der Waals surface area (Å²) in [5, 5.41) is 2.49. The Morgan fingerprint density at radius 1 is 1.21 bits per heavy atom. The molecule has 0 bridgehead atoms. The monoisotopic (exact) mass is 465 g/mol. The molecule has 1 saturated heterocycles. The zero-order valence-corrected chi connectivity index (χ0v) is 20.3. The number of hydrogen-bond donors (Lipinski definition) is 0. The largest absolute Gasteiger partial charge is 0.475 e. The molecule has 174 valence electrons. The van der Waals surface area contributed by atoms with Crippen LogP contribution in [0.4, 0.5) is 0 Å². The number of nitrogens with zero attached hydrogens (tertiary/aromatic N) is 3. The maximum atomic E-state index is 12.8. The number of amides is 1. The number of carbonyl (C=O) groups is 1. The second-order valence-electron chi connectivity index (χ2n) is 8.64. The van der Waals surface area contributed by atoms with Gasteiger partial charge in [0.15, 0.2) is 0 Å². The molecule has 1 aliphatic heterocycles. The molecule has 2 aromatic carbocycles. The predicted molar refractivity (Wildman–Crippen MR) is 133 cm³/mol. The molecule has 1 aliphatic rings. The molecule has 0 radical (unpaired) electrons. The third-order valence-corrected chi connectivity index (χ3v) is 6.60. The van der Waals surface area contributed by atoms with Gasteiger partial charge in [-0.2, -0.15) is 4.98 Å². The third kappa shape index (κ3) is 6.24. The quantitative estimate of drug-likeness (QED) is 0.484. The first-order chi connectivity index (χ1) is 16.0. The van der Waals surface area contributed by atoms with Crippen LogP contribution in [0.1, 0.15) is 36.8 Å². The first kappa shape index (κ1) is 23.5. The highest BCUT2D eigenvalue weighted by molar-refractivity contribution is 7.99. The molecular formula is C26H31N3O3S. The molecule has 0 N–H and O–H groups in total. The van der Waals surface area contributed by atoms with E-state index in [1.165, 1.54) is 16.3 Å². The van der Waals surface area contributed by atoms with E-state index in [2.05, 4.69) is 66.3 Å². The normalized spacial score (nSPS) is 16.4. The van der Waals surface area contributed by atoms with Crippen molar-refractivity contribution in [1.82, 2.24) is 14.9 Å². The Hall–Kier alpha value is -2.64. The van der Waals surface area contributed by atoms with Gasteiger partial charge < -0.3 is 14.4 Å². The minimum absolute atomic E-state index is 0.147. The molecule has 3 aromatic rings. The van der Waals surface area contributed by atoms with E-state index < -0.39 is 0 Å². The molecule has 1 unspecified atom stereocenters. The summed E-state index contributed by atoms with van der Waals surface area (Å²) in [6.45, 7) is 8.10. The maximum absolute atomic E-state index is 12.8. The average molecular weight is 466 g/mol. The van der Waals surface area contributed by atoms with Crippen molar-refractivity contribution in [2.75, 3.05) is 32.1 Å². The van der Waals surface area contributed by atoms with Crippen molar-refractivity contribution in [3.63, 3.8) is 0 Å². The summed E-state index contributed by atoms with van der Waals surface area (Å²) in [4.78, 5) is 23.7. The number of carbonyl (C=O) groups excluding carboxylic acids is 1. The smallest absolute Gasteiger partial charge is 0.232 e. The number of thioether (sulfide) groups is 1. The molecule has 1 aromatic heterocycles. The first-order valence-corrected chi connectivity index (χ1v) is 12.6. The number of ether oxygens (including phenoxy) is 2. The Bertz CT molecular complexity index is 1100. The van der Waals surface area contributed by atoms with Gasteiger partial charge >= 0.3 is 0 Å². The summed E-state index contributed by atoms with van der Waals surface area (Å²) < 4.78 is 11.7. The summed E-state index contributed by atoms with van der Waals surface area (Å²) in [6, 6.07) is 16.6. The Balaban J connectivity index is 1.27. The molecule has 33 heavy (non-hydrogen) atoms. The highest BCUT2D eigenvalue weighted by Crippen LogP contribution is 2.23. The van der Waals surface area contributed by atoms with Gasteiger partial charge in [0.1, 0.15) is 18.5 Å². The van der Waals surface area contributed by atoms with Crippen molar-refractivity contribution in [3.05, 3.63) is 65.6 Å². The van der Waals surface area contributed by atoms with Gasteiger partial charge in [0, 0.05) is 30.0 Å². The lowest BCUT2D eigenvalue weighted by Gasteiger charge is -2.32. The summed E-state index contributed by atoms with van der Waals surface area (Å²) in [5.74, 6) is 2.99. The van der Waals surface area contributed by atoms with Crippen LogP contribution < -0.4 is 4.74 Å².